The summed E-state index contributed by atoms with van der Waals surface area (Å²) in [4.78, 5) is 12.6. The molecule has 1 amide bonds. The molecule has 1 aromatic heterocycles. The lowest BCUT2D eigenvalue weighted by Crippen LogP contribution is -2.41. The third-order valence-electron chi connectivity index (χ3n) is 5.43. The zero-order valence-electron chi connectivity index (χ0n) is 14.3. The summed E-state index contributed by atoms with van der Waals surface area (Å²) >= 11 is 0. The van der Waals surface area contributed by atoms with E-state index in [0.29, 0.717) is 18.5 Å². The summed E-state index contributed by atoms with van der Waals surface area (Å²) in [6.07, 6.45) is 8.84. The maximum Gasteiger partial charge on any atom is 0.253 e. The highest BCUT2D eigenvalue weighted by atomic mass is 35.5. The van der Waals surface area contributed by atoms with Gasteiger partial charge < -0.3 is 15.6 Å². The third-order valence-corrected chi connectivity index (χ3v) is 5.43. The van der Waals surface area contributed by atoms with Crippen LogP contribution in [0.4, 0.5) is 0 Å². The Morgan fingerprint density at radius 2 is 1.91 bits per heavy atom. The first-order chi connectivity index (χ1) is 10.6. The van der Waals surface area contributed by atoms with Crippen molar-refractivity contribution in [1.82, 2.24) is 9.88 Å². The Hall–Kier alpha value is -1.000. The summed E-state index contributed by atoms with van der Waals surface area (Å²) < 4.78 is 2.39. The largest absolute Gasteiger partial charge is 0.348 e. The fraction of sp³-hybridized carbons (Fsp3) is 0.722. The number of halogens is 1. The molecular formula is C18H30ClN3O. The van der Waals surface area contributed by atoms with Crippen LogP contribution in [0.15, 0.2) is 6.07 Å². The van der Waals surface area contributed by atoms with Crippen molar-refractivity contribution < 1.29 is 4.79 Å². The number of aromatic nitrogens is 1. The molecule has 0 bridgehead atoms. The third kappa shape index (κ3) is 3.92. The zero-order chi connectivity index (χ0) is 15.7. The average Bonchev–Trinajstić information content (AvgIpc) is 3.31. The van der Waals surface area contributed by atoms with Gasteiger partial charge in [0.05, 0.1) is 5.56 Å². The SMILES string of the molecule is Cc1cc(C(=O)NC(CN)C2CC2)c(C)n1C1CCCCC1.Cl. The summed E-state index contributed by atoms with van der Waals surface area (Å²) in [7, 11) is 0. The van der Waals surface area contributed by atoms with E-state index in [2.05, 4.69) is 29.8 Å². The minimum Gasteiger partial charge on any atom is -0.348 e. The molecule has 130 valence electrons. The molecule has 2 fully saturated rings. The Kier molecular flexibility index (Phi) is 6.15. The van der Waals surface area contributed by atoms with Gasteiger partial charge in [0.2, 0.25) is 0 Å². The Labute approximate surface area is 145 Å². The molecule has 1 aromatic rings. The highest BCUT2D eigenvalue weighted by Gasteiger charge is 2.32. The smallest absolute Gasteiger partial charge is 0.253 e. The van der Waals surface area contributed by atoms with Gasteiger partial charge in [0, 0.05) is 30.0 Å². The predicted octanol–water partition coefficient (Wildman–Crippen LogP) is 3.50. The molecule has 3 rings (SSSR count). The van der Waals surface area contributed by atoms with Gasteiger partial charge in [-0.3, -0.25) is 4.79 Å². The molecule has 5 heteroatoms. The second-order valence-corrected chi connectivity index (χ2v) is 7.10. The van der Waals surface area contributed by atoms with E-state index in [4.69, 9.17) is 5.73 Å². The van der Waals surface area contributed by atoms with E-state index in [1.165, 1.54) is 50.6 Å². The normalized spacial score (nSPS) is 20.0. The van der Waals surface area contributed by atoms with E-state index in [1.54, 1.807) is 0 Å². The highest BCUT2D eigenvalue weighted by Crippen LogP contribution is 2.34. The van der Waals surface area contributed by atoms with Gasteiger partial charge >= 0.3 is 0 Å². The molecule has 4 nitrogen and oxygen atoms in total. The monoisotopic (exact) mass is 339 g/mol. The fourth-order valence-corrected chi connectivity index (χ4v) is 4.02. The van der Waals surface area contributed by atoms with Gasteiger partial charge in [0.1, 0.15) is 0 Å². The molecule has 0 saturated heterocycles. The van der Waals surface area contributed by atoms with Crippen LogP contribution < -0.4 is 11.1 Å². The fourth-order valence-electron chi connectivity index (χ4n) is 4.02. The van der Waals surface area contributed by atoms with Crippen LogP contribution in [0.2, 0.25) is 0 Å². The van der Waals surface area contributed by atoms with Crippen molar-refractivity contribution in [2.75, 3.05) is 6.54 Å². The number of aryl methyl sites for hydroxylation is 1. The number of nitrogens with two attached hydrogens (primary N) is 1. The lowest BCUT2D eigenvalue weighted by Gasteiger charge is -2.26. The van der Waals surface area contributed by atoms with Crippen molar-refractivity contribution in [3.8, 4) is 0 Å². The van der Waals surface area contributed by atoms with E-state index in [0.717, 1.165) is 11.3 Å². The van der Waals surface area contributed by atoms with Crippen LogP contribution in [-0.4, -0.2) is 23.1 Å². The zero-order valence-corrected chi connectivity index (χ0v) is 15.1. The van der Waals surface area contributed by atoms with E-state index in [1.807, 2.05) is 0 Å². The van der Waals surface area contributed by atoms with Crippen molar-refractivity contribution in [3.05, 3.63) is 23.0 Å². The van der Waals surface area contributed by atoms with Crippen molar-refractivity contribution >= 4 is 18.3 Å². The molecule has 0 radical (unpaired) electrons. The van der Waals surface area contributed by atoms with E-state index in [-0.39, 0.29) is 24.4 Å². The number of nitrogens with one attached hydrogen (secondary N) is 1. The summed E-state index contributed by atoms with van der Waals surface area (Å²) in [6.45, 7) is 4.75. The second-order valence-electron chi connectivity index (χ2n) is 7.10. The molecule has 1 heterocycles. The highest BCUT2D eigenvalue weighted by molar-refractivity contribution is 5.96. The minimum absolute atomic E-state index is 0. The van der Waals surface area contributed by atoms with Crippen molar-refractivity contribution in [3.63, 3.8) is 0 Å². The molecule has 0 aliphatic heterocycles. The molecular weight excluding hydrogens is 310 g/mol. The molecule has 0 aromatic carbocycles. The summed E-state index contributed by atoms with van der Waals surface area (Å²) in [5.41, 5.74) is 8.98. The van der Waals surface area contributed by atoms with Crippen LogP contribution in [0.5, 0.6) is 0 Å². The van der Waals surface area contributed by atoms with Gasteiger partial charge in [0.15, 0.2) is 0 Å². The molecule has 1 unspecified atom stereocenters. The number of nitrogens with zero attached hydrogens (tertiary/aromatic N) is 1. The van der Waals surface area contributed by atoms with Crippen molar-refractivity contribution in [2.24, 2.45) is 11.7 Å². The maximum atomic E-state index is 12.6. The summed E-state index contributed by atoms with van der Waals surface area (Å²) in [5.74, 6) is 0.647. The first kappa shape index (κ1) is 18.3. The summed E-state index contributed by atoms with van der Waals surface area (Å²) in [5, 5.41) is 3.15. The van der Waals surface area contributed by atoms with Gasteiger partial charge in [0.25, 0.3) is 5.91 Å². The van der Waals surface area contributed by atoms with Crippen LogP contribution in [0.1, 0.15) is 72.7 Å². The van der Waals surface area contributed by atoms with Gasteiger partial charge in [-0.15, -0.1) is 12.4 Å². The van der Waals surface area contributed by atoms with E-state index < -0.39 is 0 Å². The molecule has 1 atom stereocenters. The molecule has 2 saturated carbocycles. The standard InChI is InChI=1S/C18H29N3O.ClH/c1-12-10-16(18(22)20-17(11-19)14-8-9-14)13(2)21(12)15-6-4-3-5-7-15;/h10,14-15,17H,3-9,11,19H2,1-2H3,(H,20,22);1H. The second kappa shape index (κ2) is 7.71. The van der Waals surface area contributed by atoms with Crippen LogP contribution in [0.25, 0.3) is 0 Å². The molecule has 2 aliphatic carbocycles. The number of hydrogen-bond acceptors (Lipinski definition) is 2. The number of carbonyl (C=O) groups excluding carboxylic acids is 1. The Balaban J connectivity index is 0.00000192. The first-order valence-electron chi connectivity index (χ1n) is 8.81. The van der Waals surface area contributed by atoms with Gasteiger partial charge in [-0.25, -0.2) is 0 Å². The topological polar surface area (TPSA) is 60.1 Å². The summed E-state index contributed by atoms with van der Waals surface area (Å²) in [6, 6.07) is 2.77. The molecule has 0 spiro atoms. The van der Waals surface area contributed by atoms with E-state index >= 15 is 0 Å². The van der Waals surface area contributed by atoms with Gasteiger partial charge in [-0.1, -0.05) is 19.3 Å². The molecule has 3 N–H and O–H groups in total. The molecule has 23 heavy (non-hydrogen) atoms. The van der Waals surface area contributed by atoms with Gasteiger partial charge in [-0.05, 0) is 51.5 Å². The number of carbonyl (C=O) groups is 1. The minimum atomic E-state index is 0. The maximum absolute atomic E-state index is 12.6. The Bertz CT molecular complexity index is 545. The van der Waals surface area contributed by atoms with Crippen molar-refractivity contribution in [1.29, 1.82) is 0 Å². The Morgan fingerprint density at radius 3 is 2.48 bits per heavy atom. The Morgan fingerprint density at radius 1 is 1.26 bits per heavy atom. The lowest BCUT2D eigenvalue weighted by atomic mass is 9.95. The first-order valence-corrected chi connectivity index (χ1v) is 8.81. The average molecular weight is 340 g/mol. The van der Waals surface area contributed by atoms with Crippen LogP contribution in [0.3, 0.4) is 0 Å². The number of amides is 1. The number of hydrogen-bond donors (Lipinski definition) is 2. The number of rotatable bonds is 5. The van der Waals surface area contributed by atoms with Crippen LogP contribution in [-0.2, 0) is 0 Å². The van der Waals surface area contributed by atoms with Gasteiger partial charge in [-0.2, -0.15) is 0 Å². The predicted molar refractivity (Wildman–Crippen MR) is 96.3 cm³/mol. The molecule has 2 aliphatic rings. The lowest BCUT2D eigenvalue weighted by molar-refractivity contribution is 0.0932. The quantitative estimate of drug-likeness (QED) is 0.862. The van der Waals surface area contributed by atoms with Crippen LogP contribution >= 0.6 is 12.4 Å². The van der Waals surface area contributed by atoms with E-state index in [9.17, 15) is 4.79 Å². The van der Waals surface area contributed by atoms with Crippen LogP contribution in [0, 0.1) is 19.8 Å². The van der Waals surface area contributed by atoms with Crippen molar-refractivity contribution in [2.45, 2.75) is 70.9 Å².